The minimum absolute atomic E-state index is 0.225. The molecule has 0 spiro atoms. The van der Waals surface area contributed by atoms with Crippen LogP contribution in [0.4, 0.5) is 0 Å². The van der Waals surface area contributed by atoms with Gasteiger partial charge in [0.1, 0.15) is 5.75 Å². The Balaban J connectivity index is 2.96. The van der Waals surface area contributed by atoms with Crippen LogP contribution in [-0.2, 0) is 11.2 Å². The number of aliphatic hydroxyl groups excluding tert-OH is 1. The van der Waals surface area contributed by atoms with Gasteiger partial charge in [-0.3, -0.25) is 0 Å². The third-order valence-corrected chi connectivity index (χ3v) is 3.38. The van der Waals surface area contributed by atoms with Crippen molar-refractivity contribution in [2.75, 3.05) is 7.11 Å². The van der Waals surface area contributed by atoms with Crippen molar-refractivity contribution in [1.82, 2.24) is 0 Å². The number of hydrogen-bond donors (Lipinski definition) is 2. The molecule has 0 heterocycles. The van der Waals surface area contributed by atoms with Crippen LogP contribution in [0.5, 0.6) is 5.75 Å². The van der Waals surface area contributed by atoms with Gasteiger partial charge in [-0.15, -0.1) is 0 Å². The summed E-state index contributed by atoms with van der Waals surface area (Å²) >= 11 is 0. The highest BCUT2D eigenvalue weighted by molar-refractivity contribution is 5.71. The largest absolute Gasteiger partial charge is 0.496 e. The third-order valence-electron chi connectivity index (χ3n) is 3.38. The van der Waals surface area contributed by atoms with Crippen LogP contribution >= 0.6 is 0 Å². The molecular formula is C14H20O4. The van der Waals surface area contributed by atoms with E-state index < -0.39 is 12.1 Å². The van der Waals surface area contributed by atoms with Crippen LogP contribution in [0.1, 0.15) is 28.7 Å². The molecule has 0 fully saturated rings. The first-order valence-electron chi connectivity index (χ1n) is 5.93. The molecule has 4 heteroatoms. The predicted molar refractivity (Wildman–Crippen MR) is 69.2 cm³/mol. The van der Waals surface area contributed by atoms with E-state index in [2.05, 4.69) is 0 Å². The van der Waals surface area contributed by atoms with Crippen molar-refractivity contribution >= 4 is 5.97 Å². The molecule has 1 atom stereocenters. The monoisotopic (exact) mass is 252 g/mol. The minimum atomic E-state index is -1.30. The molecule has 1 unspecified atom stereocenters. The summed E-state index contributed by atoms with van der Waals surface area (Å²) in [6, 6.07) is 1.95. The molecule has 4 nitrogen and oxygen atoms in total. The van der Waals surface area contributed by atoms with Crippen molar-refractivity contribution in [3.8, 4) is 5.75 Å². The average molecular weight is 252 g/mol. The zero-order chi connectivity index (χ0) is 13.9. The van der Waals surface area contributed by atoms with Crippen LogP contribution in [0.3, 0.4) is 0 Å². The summed E-state index contributed by atoms with van der Waals surface area (Å²) in [7, 11) is 1.63. The van der Waals surface area contributed by atoms with E-state index in [1.54, 1.807) is 7.11 Å². The van der Waals surface area contributed by atoms with E-state index in [-0.39, 0.29) is 6.42 Å². The maximum Gasteiger partial charge on any atom is 0.332 e. The number of carboxylic acids is 1. The van der Waals surface area contributed by atoms with Crippen LogP contribution in [-0.4, -0.2) is 29.4 Å². The lowest BCUT2D eigenvalue weighted by Gasteiger charge is -2.16. The summed E-state index contributed by atoms with van der Waals surface area (Å²) in [6.07, 6.45) is -0.523. The number of aryl methyl sites for hydroxylation is 1. The molecule has 0 saturated heterocycles. The quantitative estimate of drug-likeness (QED) is 0.841. The smallest absolute Gasteiger partial charge is 0.332 e. The highest BCUT2D eigenvalue weighted by Gasteiger charge is 2.16. The van der Waals surface area contributed by atoms with Gasteiger partial charge in [-0.25, -0.2) is 4.79 Å². The zero-order valence-electron chi connectivity index (χ0n) is 11.3. The van der Waals surface area contributed by atoms with Crippen LogP contribution in [0.15, 0.2) is 6.07 Å². The lowest BCUT2D eigenvalue weighted by Crippen LogP contribution is -2.20. The molecule has 2 N–H and O–H groups in total. The number of ether oxygens (including phenoxy) is 1. The number of benzene rings is 1. The van der Waals surface area contributed by atoms with Gasteiger partial charge in [0, 0.05) is 0 Å². The summed E-state index contributed by atoms with van der Waals surface area (Å²) < 4.78 is 5.28. The lowest BCUT2D eigenvalue weighted by atomic mass is 9.93. The standard InChI is InChI=1S/C14H20O4/c1-8-7-13(18-4)10(3)9(2)11(8)5-6-12(15)14(16)17/h7,12,15H,5-6H2,1-4H3,(H,16,17). The van der Waals surface area contributed by atoms with Gasteiger partial charge < -0.3 is 14.9 Å². The molecule has 0 amide bonds. The first kappa shape index (κ1) is 14.5. The molecule has 0 aliphatic heterocycles. The SMILES string of the molecule is COc1cc(C)c(CCC(O)C(=O)O)c(C)c1C. The number of methoxy groups -OCH3 is 1. The van der Waals surface area contributed by atoms with Gasteiger partial charge in [0.25, 0.3) is 0 Å². The lowest BCUT2D eigenvalue weighted by molar-refractivity contribution is -0.146. The fourth-order valence-corrected chi connectivity index (χ4v) is 2.10. The van der Waals surface area contributed by atoms with Gasteiger partial charge in [0.15, 0.2) is 6.10 Å². The van der Waals surface area contributed by atoms with Crippen molar-refractivity contribution in [2.24, 2.45) is 0 Å². The normalized spacial score (nSPS) is 12.3. The van der Waals surface area contributed by atoms with E-state index in [1.165, 1.54) is 0 Å². The molecule has 1 aromatic rings. The number of carbonyl (C=O) groups is 1. The first-order valence-corrected chi connectivity index (χ1v) is 5.93. The van der Waals surface area contributed by atoms with E-state index in [0.29, 0.717) is 6.42 Å². The summed E-state index contributed by atoms with van der Waals surface area (Å²) in [5, 5.41) is 18.0. The van der Waals surface area contributed by atoms with Gasteiger partial charge in [-0.2, -0.15) is 0 Å². The van der Waals surface area contributed by atoms with Crippen molar-refractivity contribution in [3.05, 3.63) is 28.3 Å². The Hall–Kier alpha value is -1.55. The number of aliphatic carboxylic acids is 1. The Bertz CT molecular complexity index is 452. The van der Waals surface area contributed by atoms with Gasteiger partial charge in [0.2, 0.25) is 0 Å². The molecule has 0 aliphatic rings. The molecule has 100 valence electrons. The Kier molecular flexibility index (Phi) is 4.73. The van der Waals surface area contributed by atoms with Gasteiger partial charge >= 0.3 is 5.97 Å². The summed E-state index contributed by atoms with van der Waals surface area (Å²) in [6.45, 7) is 5.94. The molecule has 0 aliphatic carbocycles. The Morgan fingerprint density at radius 3 is 2.44 bits per heavy atom. The van der Waals surface area contributed by atoms with Crippen molar-refractivity contribution in [2.45, 2.75) is 39.7 Å². The topological polar surface area (TPSA) is 66.8 Å². The second-order valence-corrected chi connectivity index (χ2v) is 4.52. The number of rotatable bonds is 5. The van der Waals surface area contributed by atoms with Crippen molar-refractivity contribution < 1.29 is 19.7 Å². The summed E-state index contributed by atoms with van der Waals surface area (Å²) in [5.74, 6) is -0.330. The molecule has 0 saturated carbocycles. The highest BCUT2D eigenvalue weighted by Crippen LogP contribution is 2.28. The molecule has 1 aromatic carbocycles. The van der Waals surface area contributed by atoms with Gasteiger partial charge in [-0.05, 0) is 61.9 Å². The molecule has 1 rings (SSSR count). The summed E-state index contributed by atoms with van der Waals surface area (Å²) in [4.78, 5) is 10.6. The van der Waals surface area contributed by atoms with Crippen molar-refractivity contribution in [3.63, 3.8) is 0 Å². The van der Waals surface area contributed by atoms with E-state index in [9.17, 15) is 9.90 Å². The van der Waals surface area contributed by atoms with Gasteiger partial charge in [-0.1, -0.05) is 0 Å². The highest BCUT2D eigenvalue weighted by atomic mass is 16.5. The molecule has 0 radical (unpaired) electrons. The Morgan fingerprint density at radius 2 is 1.94 bits per heavy atom. The Labute approximate surface area is 107 Å². The minimum Gasteiger partial charge on any atom is -0.496 e. The number of carboxylic acid groups (broad SMARTS) is 1. The van der Waals surface area contributed by atoms with E-state index in [1.807, 2.05) is 26.8 Å². The predicted octanol–water partition coefficient (Wildman–Crippen LogP) is 2.00. The van der Waals surface area contributed by atoms with Crippen LogP contribution in [0, 0.1) is 20.8 Å². The third kappa shape index (κ3) is 3.01. The second-order valence-electron chi connectivity index (χ2n) is 4.52. The van der Waals surface area contributed by atoms with E-state index in [4.69, 9.17) is 9.84 Å². The number of hydrogen-bond acceptors (Lipinski definition) is 3. The first-order chi connectivity index (χ1) is 8.38. The Morgan fingerprint density at radius 1 is 1.33 bits per heavy atom. The zero-order valence-corrected chi connectivity index (χ0v) is 11.3. The maximum absolute atomic E-state index is 10.6. The van der Waals surface area contributed by atoms with Gasteiger partial charge in [0.05, 0.1) is 7.11 Å². The molecule has 0 bridgehead atoms. The van der Waals surface area contributed by atoms with E-state index >= 15 is 0 Å². The molecule has 18 heavy (non-hydrogen) atoms. The van der Waals surface area contributed by atoms with Crippen LogP contribution in [0.25, 0.3) is 0 Å². The van der Waals surface area contributed by atoms with Crippen LogP contribution < -0.4 is 4.74 Å². The average Bonchev–Trinajstić information content (AvgIpc) is 2.33. The molecule has 0 aromatic heterocycles. The maximum atomic E-state index is 10.6. The number of aliphatic hydroxyl groups is 1. The van der Waals surface area contributed by atoms with Crippen molar-refractivity contribution in [1.29, 1.82) is 0 Å². The fraction of sp³-hybridized carbons (Fsp3) is 0.500. The molecular weight excluding hydrogens is 232 g/mol. The summed E-state index contributed by atoms with van der Waals surface area (Å²) in [5.41, 5.74) is 4.31. The van der Waals surface area contributed by atoms with E-state index in [0.717, 1.165) is 28.0 Å². The second kappa shape index (κ2) is 5.87. The van der Waals surface area contributed by atoms with Crippen LogP contribution in [0.2, 0.25) is 0 Å². The fourth-order valence-electron chi connectivity index (χ4n) is 2.10.